The second-order valence-electron chi connectivity index (χ2n) is 4.04. The number of hydrogen-bond acceptors (Lipinski definition) is 3. The number of aliphatic hydroxyl groups is 1. The topological polar surface area (TPSA) is 20.2 Å². The van der Waals surface area contributed by atoms with Crippen LogP contribution in [0.25, 0.3) is 0 Å². The largest absolute Gasteiger partial charge is 0.393 e. The molecule has 1 unspecified atom stereocenters. The maximum atomic E-state index is 9.65. The summed E-state index contributed by atoms with van der Waals surface area (Å²) in [5.74, 6) is 0. The van der Waals surface area contributed by atoms with Crippen molar-refractivity contribution in [2.75, 3.05) is 0 Å². The van der Waals surface area contributed by atoms with Crippen molar-refractivity contribution in [2.24, 2.45) is 0 Å². The van der Waals surface area contributed by atoms with Crippen molar-refractivity contribution < 1.29 is 5.11 Å². The summed E-state index contributed by atoms with van der Waals surface area (Å²) in [6.45, 7) is 0. The number of aliphatic hydroxyl groups excluding tert-OH is 1. The average molecular weight is 252 g/mol. The van der Waals surface area contributed by atoms with Crippen molar-refractivity contribution >= 4 is 24.4 Å². The van der Waals surface area contributed by atoms with E-state index in [0.29, 0.717) is 0 Å². The van der Waals surface area contributed by atoms with Crippen molar-refractivity contribution in [3.63, 3.8) is 0 Å². The normalized spacial score (nSPS) is 26.0. The highest BCUT2D eigenvalue weighted by molar-refractivity contribution is 8.03. The van der Waals surface area contributed by atoms with E-state index in [1.807, 2.05) is 18.2 Å². The molecule has 1 N–H and O–H groups in total. The summed E-state index contributed by atoms with van der Waals surface area (Å²) in [6, 6.07) is 10.3. The summed E-state index contributed by atoms with van der Waals surface area (Å²) in [6.07, 6.45) is 4.55. The quantitative estimate of drug-likeness (QED) is 0.786. The molecule has 0 radical (unpaired) electrons. The second-order valence-corrected chi connectivity index (χ2v) is 5.91. The van der Waals surface area contributed by atoms with E-state index in [4.69, 9.17) is 0 Å². The predicted molar refractivity (Wildman–Crippen MR) is 73.0 cm³/mol. The van der Waals surface area contributed by atoms with Crippen LogP contribution in [-0.4, -0.2) is 16.5 Å². The van der Waals surface area contributed by atoms with E-state index < -0.39 is 0 Å². The molecule has 0 spiro atoms. The zero-order chi connectivity index (χ0) is 11.4. The van der Waals surface area contributed by atoms with Gasteiger partial charge in [-0.05, 0) is 36.3 Å². The van der Waals surface area contributed by atoms with Crippen molar-refractivity contribution in [1.82, 2.24) is 0 Å². The molecule has 1 aromatic carbocycles. The second kappa shape index (κ2) is 5.80. The van der Waals surface area contributed by atoms with Gasteiger partial charge in [0.1, 0.15) is 0 Å². The summed E-state index contributed by atoms with van der Waals surface area (Å²) >= 11 is 6.25. The Hall–Kier alpha value is -0.380. The third-order valence-electron chi connectivity index (χ3n) is 2.61. The number of thioether (sulfide) groups is 1. The molecule has 0 saturated heterocycles. The van der Waals surface area contributed by atoms with Gasteiger partial charge in [-0.1, -0.05) is 36.0 Å². The molecule has 0 heterocycles. The van der Waals surface area contributed by atoms with E-state index in [1.165, 1.54) is 9.80 Å². The molecule has 0 aliphatic heterocycles. The Labute approximate surface area is 106 Å². The first-order chi connectivity index (χ1) is 7.74. The summed E-state index contributed by atoms with van der Waals surface area (Å²) in [5.41, 5.74) is 0. The predicted octanol–water partition coefficient (Wildman–Crippen LogP) is 3.51. The lowest BCUT2D eigenvalue weighted by Gasteiger charge is -2.07. The molecule has 0 aromatic heterocycles. The molecular formula is C13H16OS2. The van der Waals surface area contributed by atoms with Gasteiger partial charge < -0.3 is 5.11 Å². The first-order valence-corrected chi connectivity index (χ1v) is 6.87. The summed E-state index contributed by atoms with van der Waals surface area (Å²) < 4.78 is 0. The van der Waals surface area contributed by atoms with Gasteiger partial charge in [0.05, 0.1) is 6.10 Å². The van der Waals surface area contributed by atoms with Crippen LogP contribution in [0.2, 0.25) is 0 Å². The van der Waals surface area contributed by atoms with Crippen LogP contribution in [0, 0.1) is 0 Å². The molecule has 1 nitrogen and oxygen atoms in total. The van der Waals surface area contributed by atoms with Gasteiger partial charge in [0, 0.05) is 10.1 Å². The lowest BCUT2D eigenvalue weighted by atomic mass is 10.1. The summed E-state index contributed by atoms with van der Waals surface area (Å²) in [4.78, 5) is 2.58. The Bertz CT molecular complexity index is 361. The number of rotatable bonds is 2. The molecule has 1 aromatic rings. The maximum absolute atomic E-state index is 9.65. The van der Waals surface area contributed by atoms with Crippen molar-refractivity contribution in [3.05, 3.63) is 41.3 Å². The minimum atomic E-state index is -0.201. The van der Waals surface area contributed by atoms with Crippen molar-refractivity contribution in [1.29, 1.82) is 0 Å². The average Bonchev–Trinajstić information content (AvgIpc) is 2.41. The molecule has 1 aliphatic rings. The van der Waals surface area contributed by atoms with E-state index in [-0.39, 0.29) is 11.4 Å². The zero-order valence-electron chi connectivity index (χ0n) is 9.04. The highest BCUT2D eigenvalue weighted by atomic mass is 32.2. The number of thiol groups is 1. The van der Waals surface area contributed by atoms with Gasteiger partial charge in [0.25, 0.3) is 0 Å². The Morgan fingerprint density at radius 1 is 1.25 bits per heavy atom. The van der Waals surface area contributed by atoms with E-state index >= 15 is 0 Å². The highest BCUT2D eigenvalue weighted by Crippen LogP contribution is 2.33. The Morgan fingerprint density at radius 3 is 2.75 bits per heavy atom. The Balaban J connectivity index is 2.04. The molecule has 86 valence electrons. The van der Waals surface area contributed by atoms with Gasteiger partial charge in [-0.15, -0.1) is 0 Å². The van der Waals surface area contributed by atoms with Crippen LogP contribution in [0.4, 0.5) is 0 Å². The van der Waals surface area contributed by atoms with Gasteiger partial charge in [-0.2, -0.15) is 12.6 Å². The Kier molecular flexibility index (Phi) is 4.38. The van der Waals surface area contributed by atoms with E-state index in [2.05, 4.69) is 30.8 Å². The number of benzene rings is 1. The molecule has 2 rings (SSSR count). The molecule has 1 aliphatic carbocycles. The lowest BCUT2D eigenvalue weighted by molar-refractivity contribution is 0.160. The highest BCUT2D eigenvalue weighted by Gasteiger charge is 2.16. The first-order valence-electron chi connectivity index (χ1n) is 5.54. The van der Waals surface area contributed by atoms with Crippen LogP contribution in [0.1, 0.15) is 19.3 Å². The van der Waals surface area contributed by atoms with E-state index in [0.717, 1.165) is 19.3 Å². The molecule has 0 amide bonds. The molecule has 0 bridgehead atoms. The minimum Gasteiger partial charge on any atom is -0.393 e. The van der Waals surface area contributed by atoms with E-state index in [9.17, 15) is 5.11 Å². The van der Waals surface area contributed by atoms with Gasteiger partial charge in [0.2, 0.25) is 0 Å². The molecule has 3 heteroatoms. The summed E-state index contributed by atoms with van der Waals surface area (Å²) in [5, 5.41) is 9.84. The van der Waals surface area contributed by atoms with Gasteiger partial charge in [-0.25, -0.2) is 0 Å². The number of hydrogen-bond donors (Lipinski definition) is 2. The van der Waals surface area contributed by atoms with Crippen LogP contribution >= 0.6 is 24.4 Å². The Morgan fingerprint density at radius 2 is 2.00 bits per heavy atom. The molecule has 0 saturated carbocycles. The lowest BCUT2D eigenvalue weighted by Crippen LogP contribution is -2.09. The fourth-order valence-electron chi connectivity index (χ4n) is 1.80. The smallest absolute Gasteiger partial charge is 0.0557 e. The third-order valence-corrected chi connectivity index (χ3v) is 4.08. The van der Waals surface area contributed by atoms with Crippen LogP contribution in [0.3, 0.4) is 0 Å². The monoisotopic (exact) mass is 252 g/mol. The van der Waals surface area contributed by atoms with Crippen LogP contribution in [-0.2, 0) is 0 Å². The van der Waals surface area contributed by atoms with Gasteiger partial charge in [0.15, 0.2) is 0 Å². The molecule has 2 atom stereocenters. The fourth-order valence-corrected chi connectivity index (χ4v) is 3.37. The molecule has 16 heavy (non-hydrogen) atoms. The third kappa shape index (κ3) is 3.58. The first kappa shape index (κ1) is 12.1. The fraction of sp³-hybridized carbons (Fsp3) is 0.385. The SMILES string of the molecule is OC1CCC(Sc2ccccc2)=C[C@H](S)C1. The van der Waals surface area contributed by atoms with Crippen LogP contribution < -0.4 is 0 Å². The molecular weight excluding hydrogens is 236 g/mol. The van der Waals surface area contributed by atoms with Crippen molar-refractivity contribution in [3.8, 4) is 0 Å². The van der Waals surface area contributed by atoms with E-state index in [1.54, 1.807) is 11.8 Å². The van der Waals surface area contributed by atoms with Crippen molar-refractivity contribution in [2.45, 2.75) is 35.5 Å². The molecule has 0 fully saturated rings. The van der Waals surface area contributed by atoms with Crippen LogP contribution in [0.15, 0.2) is 46.2 Å². The zero-order valence-corrected chi connectivity index (χ0v) is 10.8. The summed E-state index contributed by atoms with van der Waals surface area (Å²) in [7, 11) is 0. The number of allylic oxidation sites excluding steroid dienone is 1. The van der Waals surface area contributed by atoms with Gasteiger partial charge >= 0.3 is 0 Å². The van der Waals surface area contributed by atoms with Gasteiger partial charge in [-0.3, -0.25) is 0 Å². The standard InChI is InChI=1S/C13H16OS2/c14-10-6-7-13(9-11(15)8-10)16-12-4-2-1-3-5-12/h1-5,9-11,14-15H,6-8H2/t10?,11-/m1/s1. The van der Waals surface area contributed by atoms with Crippen LogP contribution in [0.5, 0.6) is 0 Å². The minimum absolute atomic E-state index is 0.184. The maximum Gasteiger partial charge on any atom is 0.0557 e.